The smallest absolute Gasteiger partial charge is 0.299 e. The summed E-state index contributed by atoms with van der Waals surface area (Å²) in [6.45, 7) is 9.39. The Hall–Kier alpha value is -3.12. The van der Waals surface area contributed by atoms with Crippen LogP contribution in [0.25, 0.3) is 11.3 Å². The lowest BCUT2D eigenvalue weighted by Gasteiger charge is -2.22. The Labute approximate surface area is 183 Å². The molecule has 0 saturated carbocycles. The number of nitrogens with zero attached hydrogens (tertiary/aromatic N) is 2. The number of oxazole rings is 1. The van der Waals surface area contributed by atoms with E-state index in [1.807, 2.05) is 43.9 Å². The van der Waals surface area contributed by atoms with Crippen LogP contribution in [0.4, 0.5) is 17.4 Å². The molecule has 0 bridgehead atoms. The Morgan fingerprint density at radius 2 is 2.06 bits per heavy atom. The topological polar surface area (TPSA) is 67.6 Å². The molecule has 1 atom stereocenters. The van der Waals surface area contributed by atoms with Crippen LogP contribution in [0.5, 0.6) is 0 Å². The van der Waals surface area contributed by atoms with E-state index >= 15 is 0 Å². The van der Waals surface area contributed by atoms with Crippen molar-refractivity contribution < 1.29 is 13.9 Å². The number of anilines is 3. The fourth-order valence-corrected chi connectivity index (χ4v) is 3.96. The monoisotopic (exact) mass is 419 g/mol. The highest BCUT2D eigenvalue weighted by Crippen LogP contribution is 2.33. The Balaban J connectivity index is 1.58. The molecule has 3 aromatic rings. The van der Waals surface area contributed by atoms with E-state index in [1.165, 1.54) is 0 Å². The minimum absolute atomic E-state index is 0.173. The maximum atomic E-state index is 12.3. The first-order chi connectivity index (χ1) is 14.9. The van der Waals surface area contributed by atoms with E-state index < -0.39 is 0 Å². The number of aryl methyl sites for hydroxylation is 2. The number of aromatic nitrogens is 1. The molecule has 1 aromatic heterocycles. The van der Waals surface area contributed by atoms with Gasteiger partial charge in [-0.05, 0) is 75.1 Å². The molecule has 1 amide bonds. The predicted molar refractivity (Wildman–Crippen MR) is 123 cm³/mol. The average molecular weight is 420 g/mol. The van der Waals surface area contributed by atoms with Crippen molar-refractivity contribution in [1.29, 1.82) is 0 Å². The molecule has 162 valence electrons. The van der Waals surface area contributed by atoms with Crippen molar-refractivity contribution in [2.45, 2.75) is 53.2 Å². The third kappa shape index (κ3) is 4.64. The van der Waals surface area contributed by atoms with E-state index in [1.54, 1.807) is 6.20 Å². The second-order valence-corrected chi connectivity index (χ2v) is 8.15. The van der Waals surface area contributed by atoms with Gasteiger partial charge in [0.05, 0.1) is 12.8 Å². The Morgan fingerprint density at radius 1 is 1.23 bits per heavy atom. The number of carbonyl (C=O) groups is 1. The Kier molecular flexibility index (Phi) is 6.09. The van der Waals surface area contributed by atoms with Gasteiger partial charge in [0.1, 0.15) is 0 Å². The maximum absolute atomic E-state index is 12.3. The largest absolute Gasteiger partial charge is 0.423 e. The molecule has 1 aliphatic rings. The number of hydrogen-bond donors (Lipinski definition) is 1. The van der Waals surface area contributed by atoms with E-state index in [4.69, 9.17) is 9.15 Å². The zero-order chi connectivity index (χ0) is 22.0. The fourth-order valence-electron chi connectivity index (χ4n) is 3.96. The summed E-state index contributed by atoms with van der Waals surface area (Å²) in [7, 11) is 0. The molecule has 0 spiro atoms. The van der Waals surface area contributed by atoms with E-state index in [2.05, 4.69) is 35.4 Å². The van der Waals surface area contributed by atoms with Crippen LogP contribution < -0.4 is 10.2 Å². The number of amides is 1. The van der Waals surface area contributed by atoms with Crippen molar-refractivity contribution in [2.24, 2.45) is 0 Å². The van der Waals surface area contributed by atoms with Crippen LogP contribution in [0.15, 0.2) is 47.0 Å². The highest BCUT2D eigenvalue weighted by molar-refractivity contribution is 5.96. The summed E-state index contributed by atoms with van der Waals surface area (Å²) in [5, 5.41) is 3.28. The van der Waals surface area contributed by atoms with Gasteiger partial charge in [-0.15, -0.1) is 0 Å². The van der Waals surface area contributed by atoms with Crippen molar-refractivity contribution in [3.8, 4) is 11.3 Å². The summed E-state index contributed by atoms with van der Waals surface area (Å²) in [5.74, 6) is 0.834. The zero-order valence-corrected chi connectivity index (χ0v) is 18.6. The minimum Gasteiger partial charge on any atom is -0.423 e. The molecule has 1 aliphatic heterocycles. The normalized spacial score (nSPS) is 16.2. The van der Waals surface area contributed by atoms with Crippen LogP contribution in [0.3, 0.4) is 0 Å². The molecular formula is C25H29N3O3. The molecule has 1 N–H and O–H groups in total. The number of hydrogen-bond acceptors (Lipinski definition) is 5. The molecule has 1 unspecified atom stereocenters. The van der Waals surface area contributed by atoms with Gasteiger partial charge in [-0.1, -0.05) is 12.1 Å². The summed E-state index contributed by atoms with van der Waals surface area (Å²) in [6.07, 6.45) is 3.21. The number of nitrogens with one attached hydrogen (secondary N) is 1. The first kappa shape index (κ1) is 21.1. The van der Waals surface area contributed by atoms with Gasteiger partial charge in [0, 0.05) is 36.0 Å². The van der Waals surface area contributed by atoms with Gasteiger partial charge in [0.25, 0.3) is 6.01 Å². The lowest BCUT2D eigenvalue weighted by atomic mass is 10.1. The van der Waals surface area contributed by atoms with Gasteiger partial charge in [0.2, 0.25) is 5.91 Å². The molecule has 1 fully saturated rings. The molecule has 6 heteroatoms. The molecule has 4 rings (SSSR count). The van der Waals surface area contributed by atoms with Crippen LogP contribution in [0.2, 0.25) is 0 Å². The highest BCUT2D eigenvalue weighted by atomic mass is 16.5. The summed E-state index contributed by atoms with van der Waals surface area (Å²) in [4.78, 5) is 18.7. The molecular weight excluding hydrogens is 390 g/mol. The lowest BCUT2D eigenvalue weighted by molar-refractivity contribution is -0.117. The fraction of sp³-hybridized carbons (Fsp3) is 0.360. The molecule has 6 nitrogen and oxygen atoms in total. The SMILES string of the molecule is CCOCc1ccc(C)c(Nc2ncc(-c3cc(C)cc(N4C(=O)CCC4C)c3)o2)c1. The van der Waals surface area contributed by atoms with Crippen molar-refractivity contribution in [3.63, 3.8) is 0 Å². The molecule has 0 radical (unpaired) electrons. The van der Waals surface area contributed by atoms with Crippen LogP contribution in [-0.4, -0.2) is 23.5 Å². The van der Waals surface area contributed by atoms with Gasteiger partial charge >= 0.3 is 0 Å². The third-order valence-corrected chi connectivity index (χ3v) is 5.63. The van der Waals surface area contributed by atoms with E-state index in [0.29, 0.717) is 31.4 Å². The highest BCUT2D eigenvalue weighted by Gasteiger charge is 2.29. The van der Waals surface area contributed by atoms with Gasteiger partial charge < -0.3 is 19.4 Å². The van der Waals surface area contributed by atoms with Gasteiger partial charge in [-0.2, -0.15) is 0 Å². The van der Waals surface area contributed by atoms with Crippen molar-refractivity contribution >= 4 is 23.3 Å². The molecule has 2 aromatic carbocycles. The molecule has 2 heterocycles. The Bertz CT molecular complexity index is 1090. The number of benzene rings is 2. The van der Waals surface area contributed by atoms with Gasteiger partial charge in [0.15, 0.2) is 5.76 Å². The molecule has 31 heavy (non-hydrogen) atoms. The molecule has 0 aliphatic carbocycles. The van der Waals surface area contributed by atoms with Crippen molar-refractivity contribution in [1.82, 2.24) is 4.98 Å². The number of carbonyl (C=O) groups excluding carboxylic acids is 1. The van der Waals surface area contributed by atoms with Crippen LogP contribution in [0.1, 0.15) is 43.4 Å². The second-order valence-electron chi connectivity index (χ2n) is 8.15. The van der Waals surface area contributed by atoms with Crippen molar-refractivity contribution in [3.05, 3.63) is 59.3 Å². The number of ether oxygens (including phenoxy) is 1. The summed E-state index contributed by atoms with van der Waals surface area (Å²) < 4.78 is 11.5. The van der Waals surface area contributed by atoms with E-state index in [9.17, 15) is 4.79 Å². The standard InChI is InChI=1S/C25H29N3O3/c1-5-30-15-19-8-6-17(3)22(12-19)27-25-26-14-23(31-25)20-10-16(2)11-21(13-20)28-18(4)7-9-24(28)29/h6,8,10-14,18H,5,7,9,15H2,1-4H3,(H,26,27). The van der Waals surface area contributed by atoms with Crippen LogP contribution >= 0.6 is 0 Å². The summed E-state index contributed by atoms with van der Waals surface area (Å²) >= 11 is 0. The summed E-state index contributed by atoms with van der Waals surface area (Å²) in [5.41, 5.74) is 6.02. The summed E-state index contributed by atoms with van der Waals surface area (Å²) in [6, 6.07) is 12.9. The number of rotatable bonds is 7. The van der Waals surface area contributed by atoms with Crippen molar-refractivity contribution in [2.75, 3.05) is 16.8 Å². The lowest BCUT2D eigenvalue weighted by Crippen LogP contribution is -2.30. The Morgan fingerprint density at radius 3 is 2.81 bits per heavy atom. The van der Waals surface area contributed by atoms with E-state index in [0.717, 1.165) is 40.0 Å². The average Bonchev–Trinajstić information content (AvgIpc) is 3.34. The van der Waals surface area contributed by atoms with Gasteiger partial charge in [-0.25, -0.2) is 4.98 Å². The maximum Gasteiger partial charge on any atom is 0.299 e. The zero-order valence-electron chi connectivity index (χ0n) is 18.6. The first-order valence-electron chi connectivity index (χ1n) is 10.8. The van der Waals surface area contributed by atoms with Gasteiger partial charge in [-0.3, -0.25) is 4.79 Å². The minimum atomic E-state index is 0.173. The first-order valence-corrected chi connectivity index (χ1v) is 10.8. The quantitative estimate of drug-likeness (QED) is 0.528. The van der Waals surface area contributed by atoms with Crippen LogP contribution in [0, 0.1) is 13.8 Å². The third-order valence-electron chi connectivity index (χ3n) is 5.63. The van der Waals surface area contributed by atoms with E-state index in [-0.39, 0.29) is 11.9 Å². The molecule has 1 saturated heterocycles. The predicted octanol–water partition coefficient (Wildman–Crippen LogP) is 5.75. The van der Waals surface area contributed by atoms with Crippen LogP contribution in [-0.2, 0) is 16.1 Å². The second kappa shape index (κ2) is 8.94.